The average Bonchev–Trinajstić information content (AvgIpc) is 2.38. The van der Waals surface area contributed by atoms with Crippen molar-refractivity contribution in [1.82, 2.24) is 0 Å². The first-order valence-electron chi connectivity index (χ1n) is 6.23. The number of ether oxygens (including phenoxy) is 1. The summed E-state index contributed by atoms with van der Waals surface area (Å²) >= 11 is 12.0. The smallest absolute Gasteiger partial charge is 0.122 e. The molecule has 4 heteroatoms. The molecule has 0 fully saturated rings. The number of methoxy groups -OCH3 is 1. The van der Waals surface area contributed by atoms with Crippen LogP contribution in [0.5, 0.6) is 5.75 Å². The van der Waals surface area contributed by atoms with Crippen molar-refractivity contribution in [3.05, 3.63) is 63.6 Å². The number of aliphatic hydroxyl groups is 1. The van der Waals surface area contributed by atoms with Crippen molar-refractivity contribution in [2.45, 2.75) is 18.9 Å². The van der Waals surface area contributed by atoms with Crippen molar-refractivity contribution in [2.24, 2.45) is 0 Å². The van der Waals surface area contributed by atoms with Crippen molar-refractivity contribution in [3.8, 4) is 5.75 Å². The molecule has 2 aromatic rings. The molecule has 106 valence electrons. The van der Waals surface area contributed by atoms with Crippen molar-refractivity contribution in [3.63, 3.8) is 0 Å². The van der Waals surface area contributed by atoms with E-state index in [1.165, 1.54) is 0 Å². The monoisotopic (exact) mass is 310 g/mol. The Morgan fingerprint density at radius 2 is 1.80 bits per heavy atom. The first-order valence-corrected chi connectivity index (χ1v) is 6.99. The highest BCUT2D eigenvalue weighted by Gasteiger charge is 2.25. The van der Waals surface area contributed by atoms with E-state index in [9.17, 15) is 5.11 Å². The average molecular weight is 311 g/mol. The Morgan fingerprint density at radius 3 is 2.45 bits per heavy atom. The normalized spacial score (nSPS) is 13.8. The molecular weight excluding hydrogens is 295 g/mol. The van der Waals surface area contributed by atoms with E-state index in [0.29, 0.717) is 22.2 Å². The Labute approximate surface area is 128 Å². The Bertz CT molecular complexity index is 609. The SMILES string of the molecule is COc1ccc(Cl)cc1CC(C)(O)c1cccc(Cl)c1. The maximum atomic E-state index is 10.7. The lowest BCUT2D eigenvalue weighted by Crippen LogP contribution is -2.24. The lowest BCUT2D eigenvalue weighted by molar-refractivity contribution is 0.0570. The Kier molecular flexibility index (Phi) is 4.59. The minimum absolute atomic E-state index is 0.386. The molecule has 0 aromatic heterocycles. The van der Waals surface area contributed by atoms with E-state index in [2.05, 4.69) is 0 Å². The Morgan fingerprint density at radius 1 is 1.10 bits per heavy atom. The molecule has 0 heterocycles. The molecule has 0 aliphatic carbocycles. The minimum atomic E-state index is -1.05. The molecule has 0 aliphatic heterocycles. The molecule has 0 spiro atoms. The number of halogens is 2. The fourth-order valence-corrected chi connectivity index (χ4v) is 2.57. The van der Waals surface area contributed by atoms with E-state index >= 15 is 0 Å². The summed E-state index contributed by atoms with van der Waals surface area (Å²) in [6.45, 7) is 1.75. The van der Waals surface area contributed by atoms with E-state index in [1.54, 1.807) is 44.4 Å². The Hall–Kier alpha value is -1.22. The quantitative estimate of drug-likeness (QED) is 0.904. The second-order valence-electron chi connectivity index (χ2n) is 4.92. The molecule has 0 bridgehead atoms. The molecule has 0 amide bonds. The predicted molar refractivity (Wildman–Crippen MR) is 82.7 cm³/mol. The molecule has 0 aliphatic rings. The second kappa shape index (κ2) is 6.04. The molecule has 2 nitrogen and oxygen atoms in total. The molecule has 0 saturated carbocycles. The first-order chi connectivity index (χ1) is 9.42. The molecule has 1 atom stereocenters. The van der Waals surface area contributed by atoms with Gasteiger partial charge in [0, 0.05) is 16.5 Å². The summed E-state index contributed by atoms with van der Waals surface area (Å²) in [5, 5.41) is 11.9. The number of hydrogen-bond acceptors (Lipinski definition) is 2. The van der Waals surface area contributed by atoms with Gasteiger partial charge in [-0.3, -0.25) is 0 Å². The summed E-state index contributed by atoms with van der Waals surface area (Å²) in [6.07, 6.45) is 0.386. The number of benzene rings is 2. The molecule has 2 rings (SSSR count). The highest BCUT2D eigenvalue weighted by Crippen LogP contribution is 2.32. The fourth-order valence-electron chi connectivity index (χ4n) is 2.18. The second-order valence-corrected chi connectivity index (χ2v) is 5.79. The van der Waals surface area contributed by atoms with Crippen LogP contribution in [0, 0.1) is 0 Å². The van der Waals surface area contributed by atoms with Crippen LogP contribution in [0.4, 0.5) is 0 Å². The van der Waals surface area contributed by atoms with E-state index in [0.717, 1.165) is 11.1 Å². The van der Waals surface area contributed by atoms with Crippen LogP contribution in [0.15, 0.2) is 42.5 Å². The zero-order chi connectivity index (χ0) is 14.8. The van der Waals surface area contributed by atoms with Crippen molar-refractivity contribution >= 4 is 23.2 Å². The van der Waals surface area contributed by atoms with Gasteiger partial charge in [-0.1, -0.05) is 35.3 Å². The minimum Gasteiger partial charge on any atom is -0.496 e. The van der Waals surface area contributed by atoms with E-state index in [4.69, 9.17) is 27.9 Å². The number of hydrogen-bond donors (Lipinski definition) is 1. The highest BCUT2D eigenvalue weighted by atomic mass is 35.5. The maximum Gasteiger partial charge on any atom is 0.122 e. The summed E-state index contributed by atoms with van der Waals surface area (Å²) in [4.78, 5) is 0. The zero-order valence-electron chi connectivity index (χ0n) is 11.4. The van der Waals surface area contributed by atoms with Gasteiger partial charge in [-0.25, -0.2) is 0 Å². The van der Waals surface area contributed by atoms with Crippen LogP contribution in [-0.2, 0) is 12.0 Å². The van der Waals surface area contributed by atoms with Crippen molar-refractivity contribution in [2.75, 3.05) is 7.11 Å². The van der Waals surface area contributed by atoms with Crippen LogP contribution in [0.1, 0.15) is 18.1 Å². The lowest BCUT2D eigenvalue weighted by Gasteiger charge is -2.25. The van der Waals surface area contributed by atoms with Gasteiger partial charge in [0.1, 0.15) is 5.75 Å². The molecular formula is C16H16Cl2O2. The number of rotatable bonds is 4. The third kappa shape index (κ3) is 3.45. The molecule has 1 unspecified atom stereocenters. The van der Waals surface area contributed by atoms with E-state index in [-0.39, 0.29) is 0 Å². The third-order valence-corrected chi connectivity index (χ3v) is 3.69. The third-order valence-electron chi connectivity index (χ3n) is 3.22. The molecule has 1 N–H and O–H groups in total. The van der Waals surface area contributed by atoms with Gasteiger partial charge >= 0.3 is 0 Å². The highest BCUT2D eigenvalue weighted by molar-refractivity contribution is 6.31. The first kappa shape index (κ1) is 15.2. The van der Waals surface area contributed by atoms with Gasteiger partial charge in [0.05, 0.1) is 12.7 Å². The van der Waals surface area contributed by atoms with Gasteiger partial charge in [-0.05, 0) is 48.4 Å². The Balaban J connectivity index is 2.35. The van der Waals surface area contributed by atoms with E-state index < -0.39 is 5.60 Å². The summed E-state index contributed by atoms with van der Waals surface area (Å²) < 4.78 is 5.31. The summed E-state index contributed by atoms with van der Waals surface area (Å²) in [6, 6.07) is 12.6. The van der Waals surface area contributed by atoms with Crippen molar-refractivity contribution in [1.29, 1.82) is 0 Å². The summed E-state index contributed by atoms with van der Waals surface area (Å²) in [5.41, 5.74) is 0.556. The molecule has 0 saturated heterocycles. The maximum absolute atomic E-state index is 10.7. The van der Waals surface area contributed by atoms with Crippen LogP contribution in [0.25, 0.3) is 0 Å². The predicted octanol–water partition coefficient (Wildman–Crippen LogP) is 4.45. The summed E-state index contributed by atoms with van der Waals surface area (Å²) in [7, 11) is 1.60. The topological polar surface area (TPSA) is 29.5 Å². The van der Waals surface area contributed by atoms with Gasteiger partial charge < -0.3 is 9.84 Å². The molecule has 2 aromatic carbocycles. The van der Waals surface area contributed by atoms with Gasteiger partial charge in [0.25, 0.3) is 0 Å². The van der Waals surface area contributed by atoms with Gasteiger partial charge in [-0.2, -0.15) is 0 Å². The van der Waals surface area contributed by atoms with Gasteiger partial charge in [0.2, 0.25) is 0 Å². The largest absolute Gasteiger partial charge is 0.496 e. The molecule has 20 heavy (non-hydrogen) atoms. The van der Waals surface area contributed by atoms with Crippen molar-refractivity contribution < 1.29 is 9.84 Å². The van der Waals surface area contributed by atoms with E-state index in [1.807, 2.05) is 12.1 Å². The molecule has 0 radical (unpaired) electrons. The van der Waals surface area contributed by atoms with Crippen LogP contribution >= 0.6 is 23.2 Å². The van der Waals surface area contributed by atoms with Gasteiger partial charge in [0.15, 0.2) is 0 Å². The lowest BCUT2D eigenvalue weighted by atomic mass is 9.89. The van der Waals surface area contributed by atoms with Crippen LogP contribution in [0.2, 0.25) is 10.0 Å². The van der Waals surface area contributed by atoms with Crippen LogP contribution in [0.3, 0.4) is 0 Å². The fraction of sp³-hybridized carbons (Fsp3) is 0.250. The summed E-state index contributed by atoms with van der Waals surface area (Å²) in [5.74, 6) is 0.705. The van der Waals surface area contributed by atoms with Crippen LogP contribution in [-0.4, -0.2) is 12.2 Å². The van der Waals surface area contributed by atoms with Gasteiger partial charge in [-0.15, -0.1) is 0 Å². The zero-order valence-corrected chi connectivity index (χ0v) is 12.9. The standard InChI is InChI=1S/C16H16Cl2O2/c1-16(19,12-4-3-5-13(17)9-12)10-11-8-14(18)6-7-15(11)20-2/h3-9,19H,10H2,1-2H3. The van der Waals surface area contributed by atoms with Crippen LogP contribution < -0.4 is 4.74 Å².